The lowest BCUT2D eigenvalue weighted by Gasteiger charge is -2.17. The molecule has 32 heavy (non-hydrogen) atoms. The molecule has 6 nitrogen and oxygen atoms in total. The van der Waals surface area contributed by atoms with Crippen molar-refractivity contribution >= 4 is 34.8 Å². The van der Waals surface area contributed by atoms with Crippen molar-refractivity contribution in [2.75, 3.05) is 11.9 Å². The van der Waals surface area contributed by atoms with Gasteiger partial charge in [-0.05, 0) is 55.9 Å². The number of hydrogen-bond donors (Lipinski definition) is 3. The molecule has 0 saturated carbocycles. The van der Waals surface area contributed by atoms with E-state index in [0.717, 1.165) is 5.56 Å². The summed E-state index contributed by atoms with van der Waals surface area (Å²) in [6, 6.07) is 23.5. The predicted molar refractivity (Wildman–Crippen MR) is 130 cm³/mol. The first-order valence-corrected chi connectivity index (χ1v) is 10.7. The fourth-order valence-corrected chi connectivity index (χ4v) is 3.35. The van der Waals surface area contributed by atoms with Crippen LogP contribution in [0.2, 0.25) is 0 Å². The monoisotopic (exact) mass is 447 g/mol. The zero-order chi connectivity index (χ0) is 22.9. The number of para-hydroxylation sites is 2. The van der Waals surface area contributed by atoms with Crippen LogP contribution in [0, 0.1) is 0 Å². The van der Waals surface area contributed by atoms with Crippen LogP contribution in [-0.2, 0) is 0 Å². The Kier molecular flexibility index (Phi) is 7.94. The van der Waals surface area contributed by atoms with E-state index in [-0.39, 0.29) is 17.1 Å². The van der Waals surface area contributed by atoms with Crippen LogP contribution in [0.4, 0.5) is 5.69 Å². The summed E-state index contributed by atoms with van der Waals surface area (Å²) in [7, 11) is 0. The summed E-state index contributed by atoms with van der Waals surface area (Å²) in [6.07, 6.45) is 0. The van der Waals surface area contributed by atoms with Gasteiger partial charge >= 0.3 is 0 Å². The van der Waals surface area contributed by atoms with E-state index in [1.807, 2.05) is 44.2 Å². The van der Waals surface area contributed by atoms with E-state index in [0.29, 0.717) is 29.2 Å². The molecule has 3 aromatic rings. The van der Waals surface area contributed by atoms with Gasteiger partial charge in [0.1, 0.15) is 5.75 Å². The zero-order valence-electron chi connectivity index (χ0n) is 17.9. The Morgan fingerprint density at radius 1 is 0.875 bits per heavy atom. The average Bonchev–Trinajstić information content (AvgIpc) is 2.80. The maximum Gasteiger partial charge on any atom is 0.261 e. The first kappa shape index (κ1) is 23.0. The molecule has 0 aromatic heterocycles. The van der Waals surface area contributed by atoms with Crippen LogP contribution < -0.4 is 20.7 Å². The number of carbonyl (C=O) groups is 2. The molecule has 0 bridgehead atoms. The minimum atomic E-state index is -0.397. The standard InChI is InChI=1S/C25H25N3O3S/c1-3-31-22-16-10-8-14-20(22)24(30)28-25(32)27-21-15-9-7-13-19(21)23(29)26-17(2)18-11-5-4-6-12-18/h4-17H,3H2,1-2H3,(H,26,29)(H2,27,28,30,32). The maximum absolute atomic E-state index is 12.9. The number of anilines is 1. The summed E-state index contributed by atoms with van der Waals surface area (Å²) in [5, 5.41) is 8.67. The van der Waals surface area contributed by atoms with Gasteiger partial charge in [0.2, 0.25) is 0 Å². The summed E-state index contributed by atoms with van der Waals surface area (Å²) in [4.78, 5) is 25.6. The highest BCUT2D eigenvalue weighted by Gasteiger charge is 2.17. The lowest BCUT2D eigenvalue weighted by atomic mass is 10.1. The molecular weight excluding hydrogens is 422 g/mol. The molecule has 1 atom stereocenters. The second kappa shape index (κ2) is 11.1. The van der Waals surface area contributed by atoms with E-state index in [4.69, 9.17) is 17.0 Å². The average molecular weight is 448 g/mol. The zero-order valence-corrected chi connectivity index (χ0v) is 18.7. The van der Waals surface area contributed by atoms with Crippen molar-refractivity contribution in [1.29, 1.82) is 0 Å². The number of thiocarbonyl (C=S) groups is 1. The van der Waals surface area contributed by atoms with Gasteiger partial charge in [-0.3, -0.25) is 14.9 Å². The molecule has 0 aliphatic heterocycles. The molecule has 0 saturated heterocycles. The van der Waals surface area contributed by atoms with Gasteiger partial charge in [-0.15, -0.1) is 0 Å². The van der Waals surface area contributed by atoms with Crippen molar-refractivity contribution < 1.29 is 14.3 Å². The van der Waals surface area contributed by atoms with E-state index in [1.165, 1.54) is 0 Å². The van der Waals surface area contributed by atoms with E-state index in [1.54, 1.807) is 48.5 Å². The number of ether oxygens (including phenoxy) is 1. The molecule has 0 aliphatic carbocycles. The lowest BCUT2D eigenvalue weighted by Crippen LogP contribution is -2.35. The van der Waals surface area contributed by atoms with Crippen molar-refractivity contribution in [2.24, 2.45) is 0 Å². The SMILES string of the molecule is CCOc1ccccc1C(=O)NC(=S)Nc1ccccc1C(=O)NC(C)c1ccccc1. The van der Waals surface area contributed by atoms with Gasteiger partial charge in [0.05, 0.1) is 29.5 Å². The number of nitrogens with one attached hydrogen (secondary N) is 3. The first-order chi connectivity index (χ1) is 15.5. The molecule has 7 heteroatoms. The summed E-state index contributed by atoms with van der Waals surface area (Å²) >= 11 is 5.32. The molecule has 1 unspecified atom stereocenters. The molecule has 3 rings (SSSR count). The number of rotatable bonds is 7. The van der Waals surface area contributed by atoms with E-state index in [2.05, 4.69) is 16.0 Å². The number of hydrogen-bond acceptors (Lipinski definition) is 4. The Bertz CT molecular complexity index is 1100. The van der Waals surface area contributed by atoms with E-state index in [9.17, 15) is 9.59 Å². The first-order valence-electron chi connectivity index (χ1n) is 10.3. The molecule has 164 valence electrons. The van der Waals surface area contributed by atoms with Crippen LogP contribution in [0.3, 0.4) is 0 Å². The summed E-state index contributed by atoms with van der Waals surface area (Å²) in [5.74, 6) is -0.170. The molecular formula is C25H25N3O3S. The molecule has 0 heterocycles. The van der Waals surface area contributed by atoms with Crippen LogP contribution in [-0.4, -0.2) is 23.5 Å². The summed E-state index contributed by atoms with van der Waals surface area (Å²) in [5.41, 5.74) is 2.29. The topological polar surface area (TPSA) is 79.5 Å². The third kappa shape index (κ3) is 5.92. The van der Waals surface area contributed by atoms with Crippen molar-refractivity contribution in [3.63, 3.8) is 0 Å². The smallest absolute Gasteiger partial charge is 0.261 e. The Labute approximate surface area is 193 Å². The highest BCUT2D eigenvalue weighted by Crippen LogP contribution is 2.19. The van der Waals surface area contributed by atoms with Crippen LogP contribution in [0.1, 0.15) is 46.2 Å². The number of benzene rings is 3. The minimum absolute atomic E-state index is 0.0812. The quantitative estimate of drug-likeness (QED) is 0.458. The van der Waals surface area contributed by atoms with Gasteiger partial charge in [-0.2, -0.15) is 0 Å². The van der Waals surface area contributed by atoms with Crippen molar-refractivity contribution in [2.45, 2.75) is 19.9 Å². The fourth-order valence-electron chi connectivity index (χ4n) is 3.15. The molecule has 0 radical (unpaired) electrons. The summed E-state index contributed by atoms with van der Waals surface area (Å²) < 4.78 is 5.50. The van der Waals surface area contributed by atoms with Gasteiger partial charge in [0, 0.05) is 0 Å². The lowest BCUT2D eigenvalue weighted by molar-refractivity contribution is 0.0939. The second-order valence-corrected chi connectivity index (χ2v) is 7.40. The molecule has 0 aliphatic rings. The third-order valence-corrected chi connectivity index (χ3v) is 4.93. The third-order valence-electron chi connectivity index (χ3n) is 4.73. The Hall–Kier alpha value is -3.71. The van der Waals surface area contributed by atoms with Crippen molar-refractivity contribution in [3.05, 3.63) is 95.6 Å². The van der Waals surface area contributed by atoms with E-state index < -0.39 is 5.91 Å². The normalized spacial score (nSPS) is 11.2. The molecule has 2 amide bonds. The molecule has 3 N–H and O–H groups in total. The molecule has 0 fully saturated rings. The van der Waals surface area contributed by atoms with Gasteiger partial charge in [-0.1, -0.05) is 54.6 Å². The summed E-state index contributed by atoms with van der Waals surface area (Å²) in [6.45, 7) is 4.21. The Morgan fingerprint density at radius 3 is 2.22 bits per heavy atom. The van der Waals surface area contributed by atoms with Gasteiger partial charge in [0.25, 0.3) is 11.8 Å². The van der Waals surface area contributed by atoms with Crippen molar-refractivity contribution in [1.82, 2.24) is 10.6 Å². The van der Waals surface area contributed by atoms with E-state index >= 15 is 0 Å². The Balaban J connectivity index is 1.69. The largest absolute Gasteiger partial charge is 0.493 e. The number of carbonyl (C=O) groups excluding carboxylic acids is 2. The van der Waals surface area contributed by atoms with Crippen LogP contribution >= 0.6 is 12.2 Å². The Morgan fingerprint density at radius 2 is 1.50 bits per heavy atom. The van der Waals surface area contributed by atoms with Crippen LogP contribution in [0.25, 0.3) is 0 Å². The van der Waals surface area contributed by atoms with Crippen LogP contribution in [0.5, 0.6) is 5.75 Å². The molecule has 0 spiro atoms. The predicted octanol–water partition coefficient (Wildman–Crippen LogP) is 4.70. The van der Waals surface area contributed by atoms with Crippen LogP contribution in [0.15, 0.2) is 78.9 Å². The maximum atomic E-state index is 12.9. The fraction of sp³-hybridized carbons (Fsp3) is 0.160. The van der Waals surface area contributed by atoms with Crippen molar-refractivity contribution in [3.8, 4) is 5.75 Å². The minimum Gasteiger partial charge on any atom is -0.493 e. The second-order valence-electron chi connectivity index (χ2n) is 6.99. The van der Waals surface area contributed by atoms with Gasteiger partial charge < -0.3 is 15.4 Å². The highest BCUT2D eigenvalue weighted by atomic mass is 32.1. The number of amides is 2. The highest BCUT2D eigenvalue weighted by molar-refractivity contribution is 7.80. The van der Waals surface area contributed by atoms with Gasteiger partial charge in [-0.25, -0.2) is 0 Å². The molecule has 3 aromatic carbocycles. The van der Waals surface area contributed by atoms with Gasteiger partial charge in [0.15, 0.2) is 5.11 Å².